The Bertz CT molecular complexity index is 454. The van der Waals surface area contributed by atoms with E-state index in [9.17, 15) is 9.90 Å². The molecular weight excluding hydrogens is 252 g/mol. The number of para-hydroxylation sites is 1. The van der Waals surface area contributed by atoms with Crippen molar-refractivity contribution in [3.05, 3.63) is 29.8 Å². The Labute approximate surface area is 120 Å². The van der Waals surface area contributed by atoms with E-state index in [4.69, 9.17) is 5.73 Å². The minimum Gasteiger partial charge on any atom is -0.388 e. The SMILES string of the molecule is CC[C@@H](O)c1ccccc1N1CCC(CC(N)=O)CC1. The Kier molecular flexibility index (Phi) is 5.01. The van der Waals surface area contributed by atoms with Crippen molar-refractivity contribution in [3.63, 3.8) is 0 Å². The maximum atomic E-state index is 11.0. The Balaban J connectivity index is 2.05. The fourth-order valence-electron chi connectivity index (χ4n) is 2.94. The molecule has 0 spiro atoms. The van der Waals surface area contributed by atoms with Crippen molar-refractivity contribution in [3.8, 4) is 0 Å². The summed E-state index contributed by atoms with van der Waals surface area (Å²) in [6, 6.07) is 8.05. The molecular formula is C16H24N2O2. The van der Waals surface area contributed by atoms with Crippen LogP contribution >= 0.6 is 0 Å². The van der Waals surface area contributed by atoms with E-state index in [2.05, 4.69) is 11.0 Å². The highest BCUT2D eigenvalue weighted by atomic mass is 16.3. The minimum atomic E-state index is -0.408. The van der Waals surface area contributed by atoms with Gasteiger partial charge in [0.2, 0.25) is 5.91 Å². The zero-order valence-electron chi connectivity index (χ0n) is 12.1. The summed E-state index contributed by atoms with van der Waals surface area (Å²) in [5, 5.41) is 10.1. The third-order valence-electron chi connectivity index (χ3n) is 4.13. The average Bonchev–Trinajstić information content (AvgIpc) is 2.46. The molecule has 0 saturated carbocycles. The van der Waals surface area contributed by atoms with E-state index in [1.807, 2.05) is 25.1 Å². The van der Waals surface area contributed by atoms with Crippen molar-refractivity contribution in [1.29, 1.82) is 0 Å². The maximum Gasteiger partial charge on any atom is 0.217 e. The molecule has 0 unspecified atom stereocenters. The Morgan fingerprint density at radius 2 is 2.05 bits per heavy atom. The molecule has 1 aromatic carbocycles. The molecule has 0 radical (unpaired) electrons. The Hall–Kier alpha value is -1.55. The molecule has 4 heteroatoms. The number of primary amides is 1. The number of aliphatic hydroxyl groups is 1. The molecule has 1 heterocycles. The third kappa shape index (κ3) is 3.51. The molecule has 1 saturated heterocycles. The number of anilines is 1. The number of nitrogens with zero attached hydrogens (tertiary/aromatic N) is 1. The highest BCUT2D eigenvalue weighted by Crippen LogP contribution is 2.31. The molecule has 1 fully saturated rings. The average molecular weight is 276 g/mol. The van der Waals surface area contributed by atoms with Crippen molar-refractivity contribution in [2.45, 2.75) is 38.7 Å². The van der Waals surface area contributed by atoms with Crippen LogP contribution in [0.1, 0.15) is 44.3 Å². The van der Waals surface area contributed by atoms with Crippen molar-refractivity contribution < 1.29 is 9.90 Å². The van der Waals surface area contributed by atoms with Gasteiger partial charge in [0.05, 0.1) is 6.10 Å². The van der Waals surface area contributed by atoms with E-state index in [0.29, 0.717) is 12.3 Å². The summed E-state index contributed by atoms with van der Waals surface area (Å²) >= 11 is 0. The first-order chi connectivity index (χ1) is 9.61. The van der Waals surface area contributed by atoms with Gasteiger partial charge in [-0.3, -0.25) is 4.79 Å². The number of hydrogen-bond acceptors (Lipinski definition) is 3. The number of nitrogens with two attached hydrogens (primary N) is 1. The largest absolute Gasteiger partial charge is 0.388 e. The van der Waals surface area contributed by atoms with E-state index in [1.54, 1.807) is 0 Å². The topological polar surface area (TPSA) is 66.6 Å². The normalized spacial score (nSPS) is 18.0. The zero-order valence-corrected chi connectivity index (χ0v) is 12.1. The second-order valence-electron chi connectivity index (χ2n) is 5.58. The number of aliphatic hydroxyl groups excluding tert-OH is 1. The Morgan fingerprint density at radius 1 is 1.40 bits per heavy atom. The summed E-state index contributed by atoms with van der Waals surface area (Å²) in [5.74, 6) is 0.206. The molecule has 0 bridgehead atoms. The van der Waals surface area contributed by atoms with E-state index >= 15 is 0 Å². The van der Waals surface area contributed by atoms with Gasteiger partial charge in [0.1, 0.15) is 0 Å². The second-order valence-corrected chi connectivity index (χ2v) is 5.58. The highest BCUT2D eigenvalue weighted by molar-refractivity contribution is 5.74. The minimum absolute atomic E-state index is 0.203. The standard InChI is InChI=1S/C16H24N2O2/c1-2-15(19)13-5-3-4-6-14(13)18-9-7-12(8-10-18)11-16(17)20/h3-6,12,15,19H,2,7-11H2,1H3,(H2,17,20)/t15-/m1/s1. The van der Waals surface area contributed by atoms with Crippen LogP contribution in [0.2, 0.25) is 0 Å². The number of hydrogen-bond donors (Lipinski definition) is 2. The summed E-state index contributed by atoms with van der Waals surface area (Å²) in [6.45, 7) is 3.83. The number of rotatable bonds is 5. The predicted molar refractivity (Wildman–Crippen MR) is 80.4 cm³/mol. The number of amides is 1. The summed E-state index contributed by atoms with van der Waals surface area (Å²) in [5.41, 5.74) is 7.39. The summed E-state index contributed by atoms with van der Waals surface area (Å²) in [7, 11) is 0. The van der Waals surface area contributed by atoms with Crippen LogP contribution in [0.5, 0.6) is 0 Å². The van der Waals surface area contributed by atoms with Gasteiger partial charge in [-0.25, -0.2) is 0 Å². The van der Waals surface area contributed by atoms with E-state index < -0.39 is 6.10 Å². The summed E-state index contributed by atoms with van der Waals surface area (Å²) in [6.07, 6.45) is 2.77. The van der Waals surface area contributed by atoms with Gasteiger partial charge in [-0.2, -0.15) is 0 Å². The maximum absolute atomic E-state index is 11.0. The van der Waals surface area contributed by atoms with Gasteiger partial charge in [0, 0.05) is 30.8 Å². The summed E-state index contributed by atoms with van der Waals surface area (Å²) < 4.78 is 0. The van der Waals surface area contributed by atoms with Gasteiger partial charge in [-0.15, -0.1) is 0 Å². The molecule has 1 amide bonds. The molecule has 1 atom stereocenters. The van der Waals surface area contributed by atoms with Crippen LogP contribution in [0.15, 0.2) is 24.3 Å². The molecule has 1 aliphatic rings. The van der Waals surface area contributed by atoms with Gasteiger partial charge in [0.15, 0.2) is 0 Å². The molecule has 20 heavy (non-hydrogen) atoms. The first-order valence-electron chi connectivity index (χ1n) is 7.42. The molecule has 1 aromatic rings. The number of carbonyl (C=O) groups is 1. The van der Waals surface area contributed by atoms with Gasteiger partial charge < -0.3 is 15.7 Å². The van der Waals surface area contributed by atoms with Gasteiger partial charge >= 0.3 is 0 Å². The van der Waals surface area contributed by atoms with Crippen LogP contribution < -0.4 is 10.6 Å². The second kappa shape index (κ2) is 6.75. The zero-order chi connectivity index (χ0) is 14.5. The lowest BCUT2D eigenvalue weighted by Gasteiger charge is -2.35. The third-order valence-corrected chi connectivity index (χ3v) is 4.13. The lowest BCUT2D eigenvalue weighted by atomic mass is 9.92. The molecule has 0 aliphatic carbocycles. The smallest absolute Gasteiger partial charge is 0.217 e. The van der Waals surface area contributed by atoms with E-state index in [-0.39, 0.29) is 5.91 Å². The van der Waals surface area contributed by atoms with Crippen molar-refractivity contribution in [2.75, 3.05) is 18.0 Å². The Morgan fingerprint density at radius 3 is 2.65 bits per heavy atom. The fourth-order valence-corrected chi connectivity index (χ4v) is 2.94. The molecule has 4 nitrogen and oxygen atoms in total. The van der Waals surface area contributed by atoms with Crippen LogP contribution in [0.4, 0.5) is 5.69 Å². The molecule has 110 valence electrons. The monoisotopic (exact) mass is 276 g/mol. The molecule has 3 N–H and O–H groups in total. The van der Waals surface area contributed by atoms with Gasteiger partial charge in [0.25, 0.3) is 0 Å². The number of piperidine rings is 1. The van der Waals surface area contributed by atoms with Crippen LogP contribution in [0.3, 0.4) is 0 Å². The first kappa shape index (κ1) is 14.9. The van der Waals surface area contributed by atoms with Crippen LogP contribution in [-0.4, -0.2) is 24.1 Å². The molecule has 0 aromatic heterocycles. The highest BCUT2D eigenvalue weighted by Gasteiger charge is 2.23. The van der Waals surface area contributed by atoms with Crippen LogP contribution in [0, 0.1) is 5.92 Å². The lowest BCUT2D eigenvalue weighted by Crippen LogP contribution is -2.35. The fraction of sp³-hybridized carbons (Fsp3) is 0.562. The number of benzene rings is 1. The van der Waals surface area contributed by atoms with Gasteiger partial charge in [-0.05, 0) is 31.2 Å². The van der Waals surface area contributed by atoms with Crippen molar-refractivity contribution in [2.24, 2.45) is 11.7 Å². The summed E-state index contributed by atoms with van der Waals surface area (Å²) in [4.78, 5) is 13.3. The van der Waals surface area contributed by atoms with Gasteiger partial charge in [-0.1, -0.05) is 25.1 Å². The van der Waals surface area contributed by atoms with E-state index in [1.165, 1.54) is 0 Å². The molecule has 2 rings (SSSR count). The van der Waals surface area contributed by atoms with Crippen LogP contribution in [0.25, 0.3) is 0 Å². The quantitative estimate of drug-likeness (QED) is 0.866. The predicted octanol–water partition coefficient (Wildman–Crippen LogP) is 2.22. The first-order valence-corrected chi connectivity index (χ1v) is 7.42. The number of carbonyl (C=O) groups excluding carboxylic acids is 1. The van der Waals surface area contributed by atoms with Crippen LogP contribution in [-0.2, 0) is 4.79 Å². The molecule has 1 aliphatic heterocycles. The van der Waals surface area contributed by atoms with E-state index in [0.717, 1.165) is 43.6 Å². The van der Waals surface area contributed by atoms with Crippen molar-refractivity contribution in [1.82, 2.24) is 0 Å². The lowest BCUT2D eigenvalue weighted by molar-refractivity contribution is -0.119. The van der Waals surface area contributed by atoms with Crippen molar-refractivity contribution >= 4 is 11.6 Å².